The van der Waals surface area contributed by atoms with Crippen LogP contribution < -0.4 is 5.32 Å². The minimum atomic E-state index is -1.91. The molecule has 3 N–H and O–H groups in total. The number of carbonyl (C=O) groups excluding carboxylic acids is 3. The first kappa shape index (κ1) is 31.4. The third-order valence-corrected chi connectivity index (χ3v) is 9.68. The van der Waals surface area contributed by atoms with Crippen LogP contribution in [0.1, 0.15) is 43.9 Å². The number of piperidine rings is 1. The summed E-state index contributed by atoms with van der Waals surface area (Å²) in [5.74, 6) is -3.83. The molecule has 8 nitrogen and oxygen atoms in total. The van der Waals surface area contributed by atoms with Crippen LogP contribution in [0, 0.1) is 28.1 Å². The molecule has 46 heavy (non-hydrogen) atoms. The summed E-state index contributed by atoms with van der Waals surface area (Å²) < 4.78 is 0. The molecule has 0 saturated carbocycles. The van der Waals surface area contributed by atoms with Crippen molar-refractivity contribution in [2.24, 2.45) is 17.3 Å². The predicted octanol–water partition coefficient (Wildman–Crippen LogP) is 7.32. The number of amidine groups is 2. The second-order valence-corrected chi connectivity index (χ2v) is 12.5. The molecule has 10 heteroatoms. The zero-order valence-electron chi connectivity index (χ0n) is 25.1. The van der Waals surface area contributed by atoms with Crippen LogP contribution in [-0.4, -0.2) is 53.2 Å². The maximum absolute atomic E-state index is 15.0. The lowest BCUT2D eigenvalue weighted by Gasteiger charge is -2.59. The van der Waals surface area contributed by atoms with Crippen molar-refractivity contribution in [2.45, 2.75) is 12.1 Å². The van der Waals surface area contributed by atoms with Gasteiger partial charge < -0.3 is 5.32 Å². The first-order chi connectivity index (χ1) is 22.1. The summed E-state index contributed by atoms with van der Waals surface area (Å²) in [5, 5.41) is 23.9. The molecule has 0 bridgehead atoms. The van der Waals surface area contributed by atoms with Gasteiger partial charge in [0.2, 0.25) is 0 Å². The van der Waals surface area contributed by atoms with Crippen LogP contribution in [0.25, 0.3) is 0 Å². The van der Waals surface area contributed by atoms with Crippen molar-refractivity contribution in [1.82, 2.24) is 15.1 Å². The number of hydrogen-bond acceptors (Lipinski definition) is 6. The van der Waals surface area contributed by atoms with E-state index in [2.05, 4.69) is 5.32 Å². The van der Waals surface area contributed by atoms with Crippen molar-refractivity contribution < 1.29 is 14.4 Å². The lowest BCUT2D eigenvalue weighted by Crippen LogP contribution is -2.74. The summed E-state index contributed by atoms with van der Waals surface area (Å²) >= 11 is 12.4. The molecule has 2 amide bonds. The van der Waals surface area contributed by atoms with Gasteiger partial charge in [0.15, 0.2) is 11.6 Å². The van der Waals surface area contributed by atoms with E-state index in [0.717, 1.165) is 20.9 Å². The fraction of sp³-hybridized carbons (Fsp3) is 0.194. The molecule has 4 atom stereocenters. The number of amides is 2. The highest BCUT2D eigenvalue weighted by Gasteiger charge is 2.69. The van der Waals surface area contributed by atoms with Gasteiger partial charge in [0, 0.05) is 47.4 Å². The van der Waals surface area contributed by atoms with E-state index in [0.29, 0.717) is 21.2 Å². The number of rotatable bonds is 6. The molecular formula is C36H31Cl2N5O3. The van der Waals surface area contributed by atoms with Crippen LogP contribution in [-0.2, 0) is 0 Å². The normalized spacial score (nSPS) is 24.7. The molecule has 1 spiro atoms. The Balaban J connectivity index is 1.71. The average molecular weight is 653 g/mol. The molecular weight excluding hydrogens is 621 g/mol. The number of halogens is 2. The number of hydrogen-bond donors (Lipinski definition) is 3. The molecule has 4 aromatic carbocycles. The van der Waals surface area contributed by atoms with Gasteiger partial charge in [-0.2, -0.15) is 0 Å². The van der Waals surface area contributed by atoms with Crippen molar-refractivity contribution in [3.63, 3.8) is 0 Å². The highest BCUT2D eigenvalue weighted by molar-refractivity contribution is 6.31. The van der Waals surface area contributed by atoms with Gasteiger partial charge >= 0.3 is 6.03 Å². The lowest BCUT2D eigenvalue weighted by molar-refractivity contribution is 0.0386. The highest BCUT2D eigenvalue weighted by atomic mass is 35.5. The van der Waals surface area contributed by atoms with E-state index in [1.807, 2.05) is 60.7 Å². The third-order valence-electron chi connectivity index (χ3n) is 9.18. The minimum absolute atomic E-state index is 0.301. The van der Waals surface area contributed by atoms with Crippen molar-refractivity contribution in [3.05, 3.63) is 141 Å². The van der Waals surface area contributed by atoms with Crippen molar-refractivity contribution in [2.75, 3.05) is 14.1 Å². The quantitative estimate of drug-likeness (QED) is 0.189. The van der Waals surface area contributed by atoms with Crippen LogP contribution in [0.5, 0.6) is 0 Å². The second kappa shape index (κ2) is 12.3. The monoisotopic (exact) mass is 651 g/mol. The first-order valence-corrected chi connectivity index (χ1v) is 15.5. The Bertz CT molecular complexity index is 1700. The van der Waals surface area contributed by atoms with E-state index in [-0.39, 0.29) is 11.7 Å². The summed E-state index contributed by atoms with van der Waals surface area (Å²) in [7, 11) is 2.89. The molecule has 6 rings (SSSR count). The van der Waals surface area contributed by atoms with Crippen molar-refractivity contribution in [1.29, 1.82) is 10.8 Å². The maximum atomic E-state index is 15.0. The first-order valence-electron chi connectivity index (χ1n) is 14.7. The largest absolute Gasteiger partial charge is 0.330 e. The number of nitrogens with one attached hydrogen (secondary N) is 3. The molecule has 4 unspecified atom stereocenters. The summed E-state index contributed by atoms with van der Waals surface area (Å²) in [5.41, 5.74) is 0.160. The second-order valence-electron chi connectivity index (χ2n) is 11.6. The fourth-order valence-corrected chi connectivity index (χ4v) is 7.23. The van der Waals surface area contributed by atoms with Crippen LogP contribution in [0.4, 0.5) is 4.79 Å². The van der Waals surface area contributed by atoms with Gasteiger partial charge in [0.05, 0.1) is 11.8 Å². The van der Waals surface area contributed by atoms with Gasteiger partial charge in [-0.1, -0.05) is 83.9 Å². The molecule has 232 valence electrons. The summed E-state index contributed by atoms with van der Waals surface area (Å²) in [6.45, 7) is 0. The molecule has 2 saturated heterocycles. The minimum Gasteiger partial charge on any atom is -0.302 e. The number of Topliss-reactive ketones (excluding diaryl/α,β-unsaturated/α-hetero) is 2. The molecule has 2 heterocycles. The molecule has 0 aliphatic carbocycles. The van der Waals surface area contributed by atoms with Crippen LogP contribution in [0.2, 0.25) is 10.0 Å². The topological polar surface area (TPSA) is 117 Å². The summed E-state index contributed by atoms with van der Waals surface area (Å²) in [4.78, 5) is 45.7. The Kier molecular flexibility index (Phi) is 8.37. The van der Waals surface area contributed by atoms with E-state index < -0.39 is 46.9 Å². The summed E-state index contributed by atoms with van der Waals surface area (Å²) in [6, 6.07) is 29.4. The molecule has 2 fully saturated rings. The molecule has 2 aliphatic rings. The van der Waals surface area contributed by atoms with Crippen LogP contribution in [0.3, 0.4) is 0 Å². The highest BCUT2D eigenvalue weighted by Crippen LogP contribution is 2.57. The fourth-order valence-electron chi connectivity index (χ4n) is 6.98. The van der Waals surface area contributed by atoms with Gasteiger partial charge in [0.1, 0.15) is 17.1 Å². The van der Waals surface area contributed by atoms with Crippen molar-refractivity contribution >= 4 is 52.5 Å². The van der Waals surface area contributed by atoms with E-state index in [1.165, 1.54) is 14.1 Å². The van der Waals surface area contributed by atoms with Gasteiger partial charge in [-0.05, 0) is 59.7 Å². The molecule has 0 radical (unpaired) electrons. The van der Waals surface area contributed by atoms with E-state index >= 15 is 9.59 Å². The number of benzene rings is 4. The van der Waals surface area contributed by atoms with E-state index in [1.54, 1.807) is 48.5 Å². The lowest BCUT2D eigenvalue weighted by atomic mass is 9.52. The Morgan fingerprint density at radius 1 is 0.630 bits per heavy atom. The zero-order chi connectivity index (χ0) is 32.7. The Morgan fingerprint density at radius 3 is 1.33 bits per heavy atom. The smallest absolute Gasteiger partial charge is 0.302 e. The third kappa shape index (κ3) is 5.03. The average Bonchev–Trinajstić information content (AvgIpc) is 3.09. The summed E-state index contributed by atoms with van der Waals surface area (Å²) in [6.07, 6.45) is 0. The van der Waals surface area contributed by atoms with Gasteiger partial charge in [-0.15, -0.1) is 0 Å². The molecule has 0 aromatic heterocycles. The molecule has 4 aromatic rings. The molecule has 2 aliphatic heterocycles. The SMILES string of the molecule is CN1C(=N)C2(C(=N)N(C)C1=O)C(C(=O)c1ccc(Cl)cc1)C(c1ccccc1)NC(c1ccccc1)C2C(=O)c1ccc(Cl)cc1. The Hall–Kier alpha value is -4.63. The van der Waals surface area contributed by atoms with Gasteiger partial charge in [-0.25, -0.2) is 4.79 Å². The predicted molar refractivity (Wildman–Crippen MR) is 179 cm³/mol. The van der Waals surface area contributed by atoms with Crippen LogP contribution in [0.15, 0.2) is 109 Å². The number of ketones is 2. The van der Waals surface area contributed by atoms with Gasteiger partial charge in [0.25, 0.3) is 0 Å². The number of carbonyl (C=O) groups is 3. The Morgan fingerprint density at radius 2 is 0.978 bits per heavy atom. The number of nitrogens with zero attached hydrogens (tertiary/aromatic N) is 2. The zero-order valence-corrected chi connectivity index (χ0v) is 26.6. The van der Waals surface area contributed by atoms with E-state index in [4.69, 9.17) is 23.2 Å². The standard InChI is InChI=1S/C36H31Cl2N5O3/c1-42-33(39)36(34(40)43(2)35(42)46)27(31(44)23-13-17-25(37)18-14-23)29(21-9-5-3-6-10-21)41-30(22-11-7-4-8-12-22)28(36)32(45)24-15-19-26(38)20-16-24/h3-20,27-30,39-41H,1-2H3. The van der Waals surface area contributed by atoms with Gasteiger partial charge in [-0.3, -0.25) is 30.2 Å². The Labute approximate surface area is 277 Å². The maximum Gasteiger partial charge on any atom is 0.330 e. The van der Waals surface area contributed by atoms with Crippen molar-refractivity contribution in [3.8, 4) is 0 Å². The van der Waals surface area contributed by atoms with E-state index in [9.17, 15) is 15.6 Å². The van der Waals surface area contributed by atoms with Crippen LogP contribution >= 0.6 is 23.2 Å². The number of urea groups is 1.